The van der Waals surface area contributed by atoms with Crippen LogP contribution in [0.1, 0.15) is 12.5 Å². The number of hydrogen-bond donors (Lipinski definition) is 1. The van der Waals surface area contributed by atoms with Crippen LogP contribution in [0.5, 0.6) is 5.75 Å². The molecule has 0 aromatic heterocycles. The van der Waals surface area contributed by atoms with E-state index in [1.807, 2.05) is 0 Å². The van der Waals surface area contributed by atoms with Gasteiger partial charge in [-0.15, -0.1) is 0 Å². The molecule has 0 unspecified atom stereocenters. The number of esters is 1. The molecule has 0 atom stereocenters. The molecule has 21 heavy (non-hydrogen) atoms. The van der Waals surface area contributed by atoms with E-state index < -0.39 is 16.7 Å². The van der Waals surface area contributed by atoms with Gasteiger partial charge in [-0.05, 0) is 28.9 Å². The van der Waals surface area contributed by atoms with E-state index >= 15 is 0 Å². The molecule has 0 aliphatic rings. The molecule has 0 fully saturated rings. The third-order valence-electron chi connectivity index (χ3n) is 2.27. The van der Waals surface area contributed by atoms with Gasteiger partial charge in [0, 0.05) is 6.08 Å². The number of methoxy groups -OCH3 is 1. The van der Waals surface area contributed by atoms with Crippen molar-refractivity contribution >= 4 is 33.7 Å². The average Bonchev–Trinajstić information content (AvgIpc) is 2.38. The molecule has 0 aliphatic carbocycles. The molecule has 1 aromatic carbocycles. The first kappa shape index (κ1) is 20.5. The number of aliphatic hydroxyl groups is 1. The molecule has 0 saturated carbocycles. The number of ether oxygens (including phenoxy) is 2. The summed E-state index contributed by atoms with van der Waals surface area (Å²) in [7, 11) is 1.37. The van der Waals surface area contributed by atoms with Crippen molar-refractivity contribution in [2.75, 3.05) is 13.7 Å². The number of carbonyl (C=O) groups excluding carboxylic acids is 1. The first-order valence-electron chi connectivity index (χ1n) is 5.50. The third-order valence-corrected chi connectivity index (χ3v) is 2.89. The largest absolute Gasteiger partial charge is 1.00 e. The van der Waals surface area contributed by atoms with Gasteiger partial charge in [0.2, 0.25) is 5.76 Å². The van der Waals surface area contributed by atoms with Crippen LogP contribution in [-0.4, -0.2) is 29.7 Å². The van der Waals surface area contributed by atoms with Gasteiger partial charge in [-0.3, -0.25) is 10.1 Å². The number of hydrogen-bond acceptors (Lipinski definition) is 6. The van der Waals surface area contributed by atoms with Crippen LogP contribution in [0.3, 0.4) is 0 Å². The molecule has 0 aliphatic heterocycles. The number of carbonyl (C=O) groups is 1. The minimum absolute atomic E-state index is 0. The van der Waals surface area contributed by atoms with Crippen LogP contribution in [0.4, 0.5) is 5.69 Å². The summed E-state index contributed by atoms with van der Waals surface area (Å²) < 4.78 is 10.00. The summed E-state index contributed by atoms with van der Waals surface area (Å²) >= 11 is 3.17. The smallest absolute Gasteiger partial charge is 0.502 e. The second kappa shape index (κ2) is 9.54. The van der Waals surface area contributed by atoms with E-state index in [4.69, 9.17) is 4.74 Å². The first-order valence-corrected chi connectivity index (χ1v) is 6.29. The summed E-state index contributed by atoms with van der Waals surface area (Å²) in [4.78, 5) is 21.6. The van der Waals surface area contributed by atoms with Crippen LogP contribution >= 0.6 is 15.9 Å². The Balaban J connectivity index is 0.00000400. The van der Waals surface area contributed by atoms with E-state index in [-0.39, 0.29) is 75.0 Å². The Labute approximate surface area is 172 Å². The van der Waals surface area contributed by atoms with Crippen molar-refractivity contribution in [3.63, 3.8) is 0 Å². The fourth-order valence-corrected chi connectivity index (χ4v) is 1.92. The Morgan fingerprint density at radius 1 is 1.52 bits per heavy atom. The second-order valence-electron chi connectivity index (χ2n) is 3.55. The second-order valence-corrected chi connectivity index (χ2v) is 4.41. The SMILES string of the molecule is CCOC(=O)/C(O)=C\c1cc(Br)c(OC)cc1[N+](=O)[O-].[K+]. The summed E-state index contributed by atoms with van der Waals surface area (Å²) in [5.74, 6) is -1.40. The molecule has 7 nitrogen and oxygen atoms in total. The predicted molar refractivity (Wildman–Crippen MR) is 74.6 cm³/mol. The number of rotatable bonds is 5. The van der Waals surface area contributed by atoms with E-state index in [0.29, 0.717) is 4.47 Å². The minimum Gasteiger partial charge on any atom is -0.502 e. The molecule has 1 rings (SSSR count). The van der Waals surface area contributed by atoms with Crippen molar-refractivity contribution in [3.8, 4) is 5.75 Å². The zero-order valence-electron chi connectivity index (χ0n) is 11.8. The van der Waals surface area contributed by atoms with E-state index in [1.165, 1.54) is 19.2 Å². The van der Waals surface area contributed by atoms with Gasteiger partial charge in [-0.25, -0.2) is 4.79 Å². The van der Waals surface area contributed by atoms with E-state index in [2.05, 4.69) is 20.7 Å². The maximum atomic E-state index is 11.3. The topological polar surface area (TPSA) is 98.9 Å². The number of benzene rings is 1. The van der Waals surface area contributed by atoms with Crippen LogP contribution in [-0.2, 0) is 9.53 Å². The zero-order valence-corrected chi connectivity index (χ0v) is 16.5. The maximum absolute atomic E-state index is 11.3. The van der Waals surface area contributed by atoms with Crippen LogP contribution in [0.2, 0.25) is 0 Å². The zero-order chi connectivity index (χ0) is 15.3. The molecule has 9 heteroatoms. The average molecular weight is 385 g/mol. The molecule has 0 bridgehead atoms. The van der Waals surface area contributed by atoms with Gasteiger partial charge in [-0.2, -0.15) is 0 Å². The Hall–Kier alpha value is -0.454. The van der Waals surface area contributed by atoms with E-state index in [1.54, 1.807) is 6.92 Å². The number of nitro benzene ring substituents is 1. The Morgan fingerprint density at radius 3 is 2.62 bits per heavy atom. The van der Waals surface area contributed by atoms with Crippen molar-refractivity contribution < 1.29 is 75.7 Å². The molecule has 0 heterocycles. The summed E-state index contributed by atoms with van der Waals surface area (Å²) in [6, 6.07) is 2.56. The van der Waals surface area contributed by atoms with Crippen LogP contribution in [0.25, 0.3) is 6.08 Å². The van der Waals surface area contributed by atoms with E-state index in [0.717, 1.165) is 6.08 Å². The molecule has 1 N–H and O–H groups in total. The van der Waals surface area contributed by atoms with E-state index in [9.17, 15) is 20.0 Å². The minimum atomic E-state index is -0.950. The molecule has 0 saturated heterocycles. The first-order chi connectivity index (χ1) is 9.40. The Morgan fingerprint density at radius 2 is 2.14 bits per heavy atom. The quantitative estimate of drug-likeness (QED) is 0.189. The monoisotopic (exact) mass is 384 g/mol. The normalized spacial score (nSPS) is 10.5. The van der Waals surface area contributed by atoms with Crippen molar-refractivity contribution in [1.29, 1.82) is 0 Å². The van der Waals surface area contributed by atoms with Crippen molar-refractivity contribution in [3.05, 3.63) is 38.0 Å². The molecule has 108 valence electrons. The molecule has 0 spiro atoms. The van der Waals surface area contributed by atoms with Gasteiger partial charge >= 0.3 is 57.4 Å². The molecule has 0 radical (unpaired) electrons. The summed E-state index contributed by atoms with van der Waals surface area (Å²) in [5.41, 5.74) is -0.255. The summed E-state index contributed by atoms with van der Waals surface area (Å²) in [6.07, 6.45) is 0.973. The van der Waals surface area contributed by atoms with Gasteiger partial charge < -0.3 is 14.6 Å². The van der Waals surface area contributed by atoms with Gasteiger partial charge in [0.05, 0.1) is 34.7 Å². The van der Waals surface area contributed by atoms with Gasteiger partial charge in [0.15, 0.2) is 0 Å². The fourth-order valence-electron chi connectivity index (χ4n) is 1.40. The maximum Gasteiger partial charge on any atom is 1.00 e. The standard InChI is InChI=1S/C12H12BrNO6.K/c1-3-20-12(16)10(15)5-7-4-8(13)11(19-2)6-9(7)14(17)18;/h4-6,15H,3H2,1-2H3;/q;+1/b10-5+;. The number of nitrogens with zero attached hydrogens (tertiary/aromatic N) is 1. The summed E-state index contributed by atoms with van der Waals surface area (Å²) in [5, 5.41) is 20.5. The van der Waals surface area contributed by atoms with Gasteiger partial charge in [-0.1, -0.05) is 0 Å². The third kappa shape index (κ3) is 5.68. The van der Waals surface area contributed by atoms with Gasteiger partial charge in [0.25, 0.3) is 5.69 Å². The number of nitro groups is 1. The molecule has 0 amide bonds. The Bertz CT molecular complexity index is 575. The van der Waals surface area contributed by atoms with Crippen molar-refractivity contribution in [2.45, 2.75) is 6.92 Å². The Kier molecular flexibility index (Phi) is 9.33. The van der Waals surface area contributed by atoms with Crippen molar-refractivity contribution in [2.24, 2.45) is 0 Å². The number of aliphatic hydroxyl groups excluding tert-OH is 1. The predicted octanol–water partition coefficient (Wildman–Crippen LogP) is -0.168. The molecule has 1 aromatic rings. The number of halogens is 1. The summed E-state index contributed by atoms with van der Waals surface area (Å²) in [6.45, 7) is 1.67. The van der Waals surface area contributed by atoms with Crippen LogP contribution in [0, 0.1) is 10.1 Å². The van der Waals surface area contributed by atoms with Crippen LogP contribution < -0.4 is 56.1 Å². The molecular formula is C12H12BrKNO6+. The van der Waals surface area contributed by atoms with Gasteiger partial charge in [0.1, 0.15) is 5.75 Å². The fraction of sp³-hybridized carbons (Fsp3) is 0.250. The van der Waals surface area contributed by atoms with Crippen molar-refractivity contribution in [1.82, 2.24) is 0 Å². The van der Waals surface area contributed by atoms with Crippen LogP contribution in [0.15, 0.2) is 22.4 Å². The molecular weight excluding hydrogens is 373 g/mol.